The maximum Gasteiger partial charge on any atom is 0.0949 e. The standard InChI is InChI=1S/C13H18N4S/c18-12-4-2-1-3-11(16-7-5-14-9-16)13(12)17-8-6-15-10-17/h5-13,18H,1-4H2. The van der Waals surface area contributed by atoms with Crippen LogP contribution in [0.5, 0.6) is 0 Å². The fourth-order valence-electron chi connectivity index (χ4n) is 2.94. The lowest BCUT2D eigenvalue weighted by atomic mass is 10.0. The minimum Gasteiger partial charge on any atom is -0.332 e. The molecule has 2 heterocycles. The quantitative estimate of drug-likeness (QED) is 0.667. The van der Waals surface area contributed by atoms with E-state index < -0.39 is 0 Å². The Morgan fingerprint density at radius 2 is 1.61 bits per heavy atom. The average Bonchev–Trinajstić information content (AvgIpc) is 3.03. The molecule has 5 heteroatoms. The van der Waals surface area contributed by atoms with Gasteiger partial charge < -0.3 is 9.13 Å². The van der Waals surface area contributed by atoms with Gasteiger partial charge in [0.25, 0.3) is 0 Å². The minimum absolute atomic E-state index is 0.354. The van der Waals surface area contributed by atoms with Gasteiger partial charge in [-0.1, -0.05) is 12.8 Å². The van der Waals surface area contributed by atoms with E-state index in [0.29, 0.717) is 17.3 Å². The summed E-state index contributed by atoms with van der Waals surface area (Å²) < 4.78 is 4.42. The molecule has 0 bridgehead atoms. The van der Waals surface area contributed by atoms with E-state index in [2.05, 4.69) is 25.3 Å². The van der Waals surface area contributed by atoms with Crippen molar-refractivity contribution in [1.82, 2.24) is 19.1 Å². The van der Waals surface area contributed by atoms with Crippen LogP contribution in [0.4, 0.5) is 0 Å². The van der Waals surface area contributed by atoms with Gasteiger partial charge in [0.15, 0.2) is 0 Å². The molecule has 0 N–H and O–H groups in total. The highest BCUT2D eigenvalue weighted by molar-refractivity contribution is 7.81. The number of rotatable bonds is 2. The van der Waals surface area contributed by atoms with Crippen LogP contribution in [0.15, 0.2) is 37.4 Å². The first-order valence-electron chi connectivity index (χ1n) is 6.49. The number of aromatic nitrogens is 4. The van der Waals surface area contributed by atoms with Gasteiger partial charge in [0.05, 0.1) is 24.7 Å². The van der Waals surface area contributed by atoms with Crippen molar-refractivity contribution in [2.45, 2.75) is 43.0 Å². The van der Waals surface area contributed by atoms with Crippen LogP contribution in [0.25, 0.3) is 0 Å². The Balaban J connectivity index is 1.97. The van der Waals surface area contributed by atoms with Crippen LogP contribution < -0.4 is 0 Å². The lowest BCUT2D eigenvalue weighted by Crippen LogP contribution is -2.27. The van der Waals surface area contributed by atoms with Gasteiger partial charge in [0.1, 0.15) is 0 Å². The van der Waals surface area contributed by atoms with Gasteiger partial charge in [-0.3, -0.25) is 0 Å². The smallest absolute Gasteiger partial charge is 0.0949 e. The predicted octanol–water partition coefficient (Wildman–Crippen LogP) is 2.73. The van der Waals surface area contributed by atoms with Gasteiger partial charge in [-0.2, -0.15) is 12.6 Å². The van der Waals surface area contributed by atoms with Crippen LogP contribution in [0.3, 0.4) is 0 Å². The normalized spacial score (nSPS) is 29.1. The predicted molar refractivity (Wildman–Crippen MR) is 73.8 cm³/mol. The van der Waals surface area contributed by atoms with Crippen molar-refractivity contribution in [3.63, 3.8) is 0 Å². The Morgan fingerprint density at radius 3 is 2.28 bits per heavy atom. The average molecular weight is 262 g/mol. The first kappa shape index (κ1) is 11.8. The second-order valence-corrected chi connectivity index (χ2v) is 5.59. The van der Waals surface area contributed by atoms with Crippen LogP contribution in [0, 0.1) is 0 Å². The van der Waals surface area contributed by atoms with Gasteiger partial charge in [0, 0.05) is 30.0 Å². The lowest BCUT2D eigenvalue weighted by molar-refractivity contribution is 0.314. The fraction of sp³-hybridized carbons (Fsp3) is 0.538. The number of nitrogens with zero attached hydrogens (tertiary/aromatic N) is 4. The van der Waals surface area contributed by atoms with Gasteiger partial charge in [0.2, 0.25) is 0 Å². The summed E-state index contributed by atoms with van der Waals surface area (Å²) >= 11 is 4.82. The second kappa shape index (κ2) is 5.18. The summed E-state index contributed by atoms with van der Waals surface area (Å²) in [7, 11) is 0. The van der Waals surface area contributed by atoms with Crippen molar-refractivity contribution in [2.75, 3.05) is 0 Å². The molecule has 0 amide bonds. The van der Waals surface area contributed by atoms with Crippen molar-refractivity contribution < 1.29 is 0 Å². The molecule has 3 unspecified atom stereocenters. The van der Waals surface area contributed by atoms with E-state index in [9.17, 15) is 0 Å². The van der Waals surface area contributed by atoms with Gasteiger partial charge in [-0.15, -0.1) is 0 Å². The molecule has 1 saturated carbocycles. The molecule has 96 valence electrons. The molecule has 0 radical (unpaired) electrons. The monoisotopic (exact) mass is 262 g/mol. The van der Waals surface area contributed by atoms with E-state index in [1.54, 1.807) is 0 Å². The zero-order valence-electron chi connectivity index (χ0n) is 10.3. The van der Waals surface area contributed by atoms with Gasteiger partial charge >= 0.3 is 0 Å². The molecule has 2 aromatic rings. The molecule has 3 rings (SSSR count). The van der Waals surface area contributed by atoms with E-state index in [4.69, 9.17) is 12.6 Å². The van der Waals surface area contributed by atoms with Crippen molar-refractivity contribution in [3.8, 4) is 0 Å². The summed E-state index contributed by atoms with van der Waals surface area (Å²) in [6, 6.07) is 0.777. The highest BCUT2D eigenvalue weighted by atomic mass is 32.1. The Morgan fingerprint density at radius 1 is 0.944 bits per heavy atom. The van der Waals surface area contributed by atoms with E-state index in [1.807, 2.05) is 31.2 Å². The summed E-state index contributed by atoms with van der Waals surface area (Å²) in [6.07, 6.45) is 16.5. The lowest BCUT2D eigenvalue weighted by Gasteiger charge is -2.31. The number of hydrogen-bond acceptors (Lipinski definition) is 3. The molecule has 3 atom stereocenters. The molecule has 2 aromatic heterocycles. The maximum absolute atomic E-state index is 4.82. The molecule has 0 aromatic carbocycles. The zero-order chi connectivity index (χ0) is 12.4. The topological polar surface area (TPSA) is 35.6 Å². The third-order valence-corrected chi connectivity index (χ3v) is 4.38. The van der Waals surface area contributed by atoms with Crippen molar-refractivity contribution in [3.05, 3.63) is 37.4 Å². The summed E-state index contributed by atoms with van der Waals surface area (Å²) in [5, 5.41) is 0.370. The maximum atomic E-state index is 4.82. The summed E-state index contributed by atoms with van der Waals surface area (Å²) in [5.74, 6) is 0. The first-order valence-corrected chi connectivity index (χ1v) is 7.01. The molecule has 1 aliphatic rings. The van der Waals surface area contributed by atoms with Crippen LogP contribution in [0.1, 0.15) is 37.8 Å². The van der Waals surface area contributed by atoms with Crippen LogP contribution in [-0.4, -0.2) is 24.4 Å². The third kappa shape index (κ3) is 2.19. The van der Waals surface area contributed by atoms with E-state index >= 15 is 0 Å². The Bertz CT molecular complexity index is 465. The SMILES string of the molecule is SC1CCCCC(n2ccnc2)C1n1ccnc1. The highest BCUT2D eigenvalue weighted by Crippen LogP contribution is 2.38. The third-order valence-electron chi connectivity index (χ3n) is 3.82. The molecule has 0 aliphatic heterocycles. The fourth-order valence-corrected chi connectivity index (χ4v) is 3.47. The summed E-state index contributed by atoms with van der Waals surface area (Å²) in [6.45, 7) is 0. The Labute approximate surface area is 112 Å². The molecule has 1 fully saturated rings. The van der Waals surface area contributed by atoms with Crippen LogP contribution in [0.2, 0.25) is 0 Å². The number of hydrogen-bond donors (Lipinski definition) is 1. The molecule has 0 spiro atoms. The van der Waals surface area contributed by atoms with Crippen molar-refractivity contribution >= 4 is 12.6 Å². The van der Waals surface area contributed by atoms with Crippen molar-refractivity contribution in [1.29, 1.82) is 0 Å². The van der Waals surface area contributed by atoms with Crippen LogP contribution >= 0.6 is 12.6 Å². The molecule has 1 aliphatic carbocycles. The van der Waals surface area contributed by atoms with Crippen molar-refractivity contribution in [2.24, 2.45) is 0 Å². The van der Waals surface area contributed by atoms with E-state index in [-0.39, 0.29) is 0 Å². The molecular formula is C13H18N4S. The Hall–Kier alpha value is -1.23. The Kier molecular flexibility index (Phi) is 3.41. The van der Waals surface area contributed by atoms with Gasteiger partial charge in [-0.05, 0) is 12.8 Å². The molecule has 18 heavy (non-hydrogen) atoms. The summed E-state index contributed by atoms with van der Waals surface area (Å²) in [5.41, 5.74) is 0. The minimum atomic E-state index is 0.354. The summed E-state index contributed by atoms with van der Waals surface area (Å²) in [4.78, 5) is 8.36. The molecule has 0 saturated heterocycles. The molecule has 4 nitrogen and oxygen atoms in total. The first-order chi connectivity index (χ1) is 8.86. The second-order valence-electron chi connectivity index (χ2n) is 4.93. The number of imidazole rings is 2. The van der Waals surface area contributed by atoms with E-state index in [1.165, 1.54) is 19.3 Å². The van der Waals surface area contributed by atoms with E-state index in [0.717, 1.165) is 6.42 Å². The molecular weight excluding hydrogens is 244 g/mol. The number of thiol groups is 1. The largest absolute Gasteiger partial charge is 0.332 e. The zero-order valence-corrected chi connectivity index (χ0v) is 11.2. The van der Waals surface area contributed by atoms with Gasteiger partial charge in [-0.25, -0.2) is 9.97 Å². The highest BCUT2D eigenvalue weighted by Gasteiger charge is 2.31. The van der Waals surface area contributed by atoms with Crippen LogP contribution in [-0.2, 0) is 0 Å².